The molecule has 0 saturated carbocycles. The van der Waals surface area contributed by atoms with Crippen LogP contribution in [0.2, 0.25) is 0 Å². The lowest BCUT2D eigenvalue weighted by atomic mass is 10.2. The average molecular weight is 283 g/mol. The maximum absolute atomic E-state index is 10.9. The number of non-ortho nitro benzene ring substituents is 1. The highest BCUT2D eigenvalue weighted by Crippen LogP contribution is 2.24. The Kier molecular flexibility index (Phi) is 4.49. The molecule has 0 fully saturated rings. The van der Waals surface area contributed by atoms with Gasteiger partial charge >= 0.3 is 5.69 Å². The summed E-state index contributed by atoms with van der Waals surface area (Å²) in [5.74, 6) is 0. The smallest absolute Gasteiger partial charge is 0.258 e. The van der Waals surface area contributed by atoms with E-state index in [9.17, 15) is 20.2 Å². The summed E-state index contributed by atoms with van der Waals surface area (Å²) in [7, 11) is 0. The van der Waals surface area contributed by atoms with Gasteiger partial charge in [-0.05, 0) is 0 Å². The minimum Gasteiger partial charge on any atom is -0.258 e. The highest BCUT2D eigenvalue weighted by molar-refractivity contribution is 5.85. The average Bonchev–Trinajstić information content (AvgIpc) is 2.39. The fourth-order valence-corrected chi connectivity index (χ4v) is 1.55. The first-order chi connectivity index (χ1) is 8.59. The topological polar surface area (TPSA) is 90.2 Å². The summed E-state index contributed by atoms with van der Waals surface area (Å²) in [6.45, 7) is 0. The predicted molar refractivity (Wildman–Crippen MR) is 68.5 cm³/mol. The number of hydrogen-bond donors (Lipinski definition) is 0. The van der Waals surface area contributed by atoms with E-state index >= 15 is 0 Å². The molecule has 8 heteroatoms. The number of nitro benzene ring substituents is 2. The lowest BCUT2D eigenvalue weighted by molar-refractivity contribution is -0.600. The van der Waals surface area contributed by atoms with Crippen molar-refractivity contribution in [2.75, 3.05) is 0 Å². The number of nitro groups is 2. The van der Waals surface area contributed by atoms with Gasteiger partial charge in [-0.25, -0.2) is 0 Å². The van der Waals surface area contributed by atoms with Crippen molar-refractivity contribution in [3.63, 3.8) is 0 Å². The molecular formula is C11H9ClN3O4+. The zero-order valence-corrected chi connectivity index (χ0v) is 10.3. The van der Waals surface area contributed by atoms with E-state index in [1.165, 1.54) is 16.7 Å². The summed E-state index contributed by atoms with van der Waals surface area (Å²) < 4.78 is 1.53. The lowest BCUT2D eigenvalue weighted by Gasteiger charge is -1.97. The van der Waals surface area contributed by atoms with Gasteiger partial charge in [0.2, 0.25) is 0 Å². The van der Waals surface area contributed by atoms with Crippen LogP contribution in [0.4, 0.5) is 11.4 Å². The third kappa shape index (κ3) is 3.02. The minimum absolute atomic E-state index is 0. The molecule has 7 nitrogen and oxygen atoms in total. The molecule has 0 bridgehead atoms. The minimum atomic E-state index is -0.660. The molecule has 2 rings (SSSR count). The Morgan fingerprint density at radius 1 is 0.947 bits per heavy atom. The number of aromatic nitrogens is 1. The maximum atomic E-state index is 10.9. The molecule has 0 unspecified atom stereocenters. The second kappa shape index (κ2) is 5.87. The summed E-state index contributed by atoms with van der Waals surface area (Å²) in [5, 5.41) is 21.5. The van der Waals surface area contributed by atoms with Gasteiger partial charge in [-0.1, -0.05) is 6.07 Å². The van der Waals surface area contributed by atoms with Gasteiger partial charge in [0.25, 0.3) is 11.4 Å². The van der Waals surface area contributed by atoms with Gasteiger partial charge in [0, 0.05) is 24.3 Å². The second-order valence-corrected chi connectivity index (χ2v) is 3.47. The van der Waals surface area contributed by atoms with Gasteiger partial charge in [-0.3, -0.25) is 20.2 Å². The van der Waals surface area contributed by atoms with Crippen LogP contribution in [0.3, 0.4) is 0 Å². The van der Waals surface area contributed by atoms with E-state index in [0.717, 1.165) is 6.07 Å². The molecule has 0 aliphatic rings. The van der Waals surface area contributed by atoms with Gasteiger partial charge < -0.3 is 0 Å². The molecule has 0 aliphatic heterocycles. The largest absolute Gasteiger partial charge is 0.347 e. The Bertz CT molecular complexity index is 619. The molecule has 0 amide bonds. The van der Waals surface area contributed by atoms with Gasteiger partial charge in [0.1, 0.15) is 6.07 Å². The highest BCUT2D eigenvalue weighted by Gasteiger charge is 2.25. The van der Waals surface area contributed by atoms with E-state index in [1.807, 2.05) is 0 Å². The third-order valence-electron chi connectivity index (χ3n) is 2.36. The Labute approximate surface area is 113 Å². The van der Waals surface area contributed by atoms with Crippen molar-refractivity contribution in [3.05, 3.63) is 69.0 Å². The molecule has 19 heavy (non-hydrogen) atoms. The van der Waals surface area contributed by atoms with Crippen molar-refractivity contribution < 1.29 is 14.4 Å². The fraction of sp³-hybridized carbons (Fsp3) is 0. The number of hydrogen-bond acceptors (Lipinski definition) is 4. The van der Waals surface area contributed by atoms with E-state index in [-0.39, 0.29) is 29.5 Å². The molecule has 0 atom stereocenters. The molecule has 0 aliphatic carbocycles. The van der Waals surface area contributed by atoms with Crippen molar-refractivity contribution in [1.82, 2.24) is 0 Å². The zero-order chi connectivity index (χ0) is 13.1. The number of benzene rings is 1. The van der Waals surface area contributed by atoms with Gasteiger partial charge in [-0.2, -0.15) is 4.57 Å². The first-order valence-corrected chi connectivity index (χ1v) is 4.99. The van der Waals surface area contributed by atoms with Crippen LogP contribution in [0.15, 0.2) is 48.8 Å². The molecule has 1 aromatic heterocycles. The van der Waals surface area contributed by atoms with Crippen LogP contribution in [-0.2, 0) is 0 Å². The van der Waals surface area contributed by atoms with Crippen molar-refractivity contribution in [1.29, 1.82) is 0 Å². The van der Waals surface area contributed by atoms with Gasteiger partial charge in [0.05, 0.1) is 9.85 Å². The second-order valence-electron chi connectivity index (χ2n) is 3.47. The van der Waals surface area contributed by atoms with E-state index < -0.39 is 9.85 Å². The molecule has 0 radical (unpaired) electrons. The fourth-order valence-electron chi connectivity index (χ4n) is 1.55. The van der Waals surface area contributed by atoms with Crippen LogP contribution in [0, 0.1) is 20.2 Å². The van der Waals surface area contributed by atoms with Crippen LogP contribution in [0.25, 0.3) is 5.69 Å². The van der Waals surface area contributed by atoms with E-state index in [0.29, 0.717) is 0 Å². The summed E-state index contributed by atoms with van der Waals surface area (Å²) in [6, 6.07) is 8.75. The van der Waals surface area contributed by atoms with Crippen molar-refractivity contribution >= 4 is 23.8 Å². The van der Waals surface area contributed by atoms with Crippen molar-refractivity contribution in [2.24, 2.45) is 0 Å². The van der Waals surface area contributed by atoms with Crippen molar-refractivity contribution in [3.8, 4) is 5.69 Å². The summed E-state index contributed by atoms with van der Waals surface area (Å²) in [4.78, 5) is 20.2. The standard InChI is InChI=1S/C11H8N3O4.ClH/c15-13(16)9-4-5-10(11(8-9)14(17)18)12-6-2-1-3-7-12;/h1-8H;1H/q+1;. The molecule has 0 spiro atoms. The third-order valence-corrected chi connectivity index (χ3v) is 2.36. The highest BCUT2D eigenvalue weighted by atomic mass is 35.5. The van der Waals surface area contributed by atoms with Gasteiger partial charge in [0.15, 0.2) is 12.4 Å². The maximum Gasteiger partial charge on any atom is 0.347 e. The zero-order valence-electron chi connectivity index (χ0n) is 9.50. The number of nitrogens with zero attached hydrogens (tertiary/aromatic N) is 3. The number of rotatable bonds is 3. The Balaban J connectivity index is 0.00000180. The van der Waals surface area contributed by atoms with Crippen LogP contribution in [0.1, 0.15) is 0 Å². The summed E-state index contributed by atoms with van der Waals surface area (Å²) in [5.41, 5.74) is -0.325. The van der Waals surface area contributed by atoms with Gasteiger partial charge in [-0.15, -0.1) is 12.4 Å². The van der Waals surface area contributed by atoms with Crippen LogP contribution in [0.5, 0.6) is 0 Å². The van der Waals surface area contributed by atoms with Crippen LogP contribution < -0.4 is 4.57 Å². The molecule has 1 aromatic carbocycles. The molecule has 2 aromatic rings. The molecule has 0 saturated heterocycles. The number of pyridine rings is 1. The summed E-state index contributed by atoms with van der Waals surface area (Å²) in [6.07, 6.45) is 3.27. The monoisotopic (exact) mass is 282 g/mol. The first kappa shape index (κ1) is 14.5. The first-order valence-electron chi connectivity index (χ1n) is 4.99. The van der Waals surface area contributed by atoms with Crippen LogP contribution >= 0.6 is 12.4 Å². The van der Waals surface area contributed by atoms with Crippen LogP contribution in [-0.4, -0.2) is 9.85 Å². The van der Waals surface area contributed by atoms with E-state index in [4.69, 9.17) is 0 Å². The number of halogens is 1. The molecule has 1 heterocycles. The predicted octanol–water partition coefficient (Wildman–Crippen LogP) is 2.20. The summed E-state index contributed by atoms with van der Waals surface area (Å²) >= 11 is 0. The quantitative estimate of drug-likeness (QED) is 0.490. The SMILES string of the molecule is Cl.O=[N+]([O-])c1ccc(-[n+]2ccccc2)c([N+](=O)[O-])c1. The molecule has 0 N–H and O–H groups in total. The molecular weight excluding hydrogens is 274 g/mol. The van der Waals surface area contributed by atoms with E-state index in [1.54, 1.807) is 30.6 Å². The Morgan fingerprint density at radius 2 is 1.58 bits per heavy atom. The Hall–Kier alpha value is -2.54. The Morgan fingerprint density at radius 3 is 2.11 bits per heavy atom. The molecule has 98 valence electrons. The van der Waals surface area contributed by atoms with E-state index in [2.05, 4.69) is 0 Å². The lowest BCUT2D eigenvalue weighted by Crippen LogP contribution is -2.30. The normalized spacial score (nSPS) is 9.47. The van der Waals surface area contributed by atoms with Crippen molar-refractivity contribution in [2.45, 2.75) is 0 Å².